The van der Waals surface area contributed by atoms with Gasteiger partial charge in [-0.15, -0.1) is 12.4 Å². The molecule has 2 saturated heterocycles. The van der Waals surface area contributed by atoms with E-state index < -0.39 is 11.3 Å². The fraction of sp³-hybridized carbons (Fsp3) is 1.00. The van der Waals surface area contributed by atoms with E-state index in [1.165, 1.54) is 0 Å². The molecular formula is C8H14ClF2NO. The lowest BCUT2D eigenvalue weighted by Gasteiger charge is -2.40. The Morgan fingerprint density at radius 2 is 2.00 bits per heavy atom. The molecule has 0 radical (unpaired) electrons. The second kappa shape index (κ2) is 3.67. The number of halogens is 3. The molecule has 0 amide bonds. The minimum atomic E-state index is -2.53. The lowest BCUT2D eigenvalue weighted by Crippen LogP contribution is -2.54. The number of alkyl halides is 2. The number of piperidine rings is 1. The van der Waals surface area contributed by atoms with Crippen molar-refractivity contribution in [3.63, 3.8) is 0 Å². The van der Waals surface area contributed by atoms with Crippen LogP contribution in [0.5, 0.6) is 0 Å². The molecule has 0 aromatic heterocycles. The van der Waals surface area contributed by atoms with Gasteiger partial charge in [0, 0.05) is 26.1 Å². The Morgan fingerprint density at radius 3 is 2.54 bits per heavy atom. The molecule has 0 aliphatic carbocycles. The highest BCUT2D eigenvalue weighted by Gasteiger charge is 2.56. The van der Waals surface area contributed by atoms with Crippen molar-refractivity contribution in [1.29, 1.82) is 0 Å². The first kappa shape index (κ1) is 11.1. The van der Waals surface area contributed by atoms with Gasteiger partial charge in [0.2, 0.25) is 0 Å². The van der Waals surface area contributed by atoms with Crippen LogP contribution in [0.2, 0.25) is 0 Å². The molecule has 2 rings (SSSR count). The highest BCUT2D eigenvalue weighted by Crippen LogP contribution is 2.46. The molecule has 2 nitrogen and oxygen atoms in total. The summed E-state index contributed by atoms with van der Waals surface area (Å²) in [5, 5.41) is 3.01. The summed E-state index contributed by atoms with van der Waals surface area (Å²) in [5.41, 5.74) is -0.898. The van der Waals surface area contributed by atoms with Crippen molar-refractivity contribution in [3.8, 4) is 0 Å². The number of ether oxygens (including phenoxy) is 1. The van der Waals surface area contributed by atoms with E-state index in [1.54, 1.807) is 0 Å². The smallest absolute Gasteiger partial charge is 0.258 e. The predicted molar refractivity (Wildman–Crippen MR) is 47.6 cm³/mol. The molecule has 2 heterocycles. The van der Waals surface area contributed by atoms with Crippen LogP contribution < -0.4 is 5.32 Å². The van der Waals surface area contributed by atoms with Crippen LogP contribution in [0.25, 0.3) is 0 Å². The molecule has 1 unspecified atom stereocenters. The van der Waals surface area contributed by atoms with Crippen LogP contribution in [0.3, 0.4) is 0 Å². The third-order valence-electron chi connectivity index (χ3n) is 2.96. The molecule has 1 atom stereocenters. The van der Waals surface area contributed by atoms with Crippen LogP contribution in [0, 0.1) is 5.41 Å². The minimum absolute atomic E-state index is 0. The van der Waals surface area contributed by atoms with Crippen molar-refractivity contribution in [1.82, 2.24) is 5.32 Å². The minimum Gasteiger partial charge on any atom is -0.381 e. The summed E-state index contributed by atoms with van der Waals surface area (Å²) in [4.78, 5) is 0. The summed E-state index contributed by atoms with van der Waals surface area (Å²) in [6, 6.07) is 0. The monoisotopic (exact) mass is 213 g/mol. The van der Waals surface area contributed by atoms with E-state index in [9.17, 15) is 8.78 Å². The molecule has 2 fully saturated rings. The summed E-state index contributed by atoms with van der Waals surface area (Å²) in [5.74, 6) is -2.53. The third kappa shape index (κ3) is 1.67. The van der Waals surface area contributed by atoms with E-state index in [0.717, 1.165) is 0 Å². The molecule has 0 saturated carbocycles. The molecule has 5 heteroatoms. The molecule has 78 valence electrons. The third-order valence-corrected chi connectivity index (χ3v) is 2.96. The molecule has 2 aliphatic rings. The Balaban J connectivity index is 0.000000845. The van der Waals surface area contributed by atoms with Gasteiger partial charge in [-0.2, -0.15) is 0 Å². The number of hydrogen-bond donors (Lipinski definition) is 1. The number of rotatable bonds is 0. The fourth-order valence-electron chi connectivity index (χ4n) is 2.00. The maximum absolute atomic E-state index is 13.4. The zero-order valence-corrected chi connectivity index (χ0v) is 8.13. The SMILES string of the molecule is Cl.FC1(F)CCNCC12CCOC2. The lowest BCUT2D eigenvalue weighted by molar-refractivity contribution is -0.141. The van der Waals surface area contributed by atoms with Crippen molar-refractivity contribution in [3.05, 3.63) is 0 Å². The average Bonchev–Trinajstić information content (AvgIpc) is 2.46. The van der Waals surface area contributed by atoms with E-state index in [0.29, 0.717) is 26.1 Å². The average molecular weight is 214 g/mol. The maximum atomic E-state index is 13.4. The molecular weight excluding hydrogens is 200 g/mol. The van der Waals surface area contributed by atoms with Gasteiger partial charge in [-0.3, -0.25) is 0 Å². The molecule has 1 spiro atoms. The van der Waals surface area contributed by atoms with Gasteiger partial charge in [0.15, 0.2) is 0 Å². The topological polar surface area (TPSA) is 21.3 Å². The van der Waals surface area contributed by atoms with E-state index in [2.05, 4.69) is 5.32 Å². The first-order valence-corrected chi connectivity index (χ1v) is 4.33. The highest BCUT2D eigenvalue weighted by atomic mass is 35.5. The lowest BCUT2D eigenvalue weighted by atomic mass is 9.77. The first-order valence-electron chi connectivity index (χ1n) is 4.33. The Kier molecular flexibility index (Phi) is 3.15. The van der Waals surface area contributed by atoms with Crippen molar-refractivity contribution >= 4 is 12.4 Å². The molecule has 1 N–H and O–H groups in total. The quantitative estimate of drug-likeness (QED) is 0.658. The second-order valence-electron chi connectivity index (χ2n) is 3.71. The van der Waals surface area contributed by atoms with Crippen LogP contribution in [-0.4, -0.2) is 32.2 Å². The molecule has 0 aromatic carbocycles. The van der Waals surface area contributed by atoms with Gasteiger partial charge >= 0.3 is 0 Å². The summed E-state index contributed by atoms with van der Waals surface area (Å²) in [7, 11) is 0. The molecule has 0 bridgehead atoms. The number of hydrogen-bond acceptors (Lipinski definition) is 2. The van der Waals surface area contributed by atoms with Gasteiger partial charge in [0.05, 0.1) is 12.0 Å². The van der Waals surface area contributed by atoms with Crippen LogP contribution in [0.1, 0.15) is 12.8 Å². The Bertz CT molecular complexity index is 183. The summed E-state index contributed by atoms with van der Waals surface area (Å²) < 4.78 is 31.9. The van der Waals surface area contributed by atoms with Crippen molar-refractivity contribution in [2.45, 2.75) is 18.8 Å². The van der Waals surface area contributed by atoms with Crippen LogP contribution in [-0.2, 0) is 4.74 Å². The maximum Gasteiger partial charge on any atom is 0.258 e. The fourth-order valence-corrected chi connectivity index (χ4v) is 2.00. The van der Waals surface area contributed by atoms with E-state index in [4.69, 9.17) is 4.74 Å². The zero-order chi connectivity index (χ0) is 8.66. The Hall–Kier alpha value is 0.0700. The van der Waals surface area contributed by atoms with Crippen molar-refractivity contribution in [2.75, 3.05) is 26.3 Å². The highest BCUT2D eigenvalue weighted by molar-refractivity contribution is 5.85. The van der Waals surface area contributed by atoms with Gasteiger partial charge in [0.1, 0.15) is 0 Å². The standard InChI is InChI=1S/C8H13F2NO.ClH/c9-8(10)1-3-11-5-7(8)2-4-12-6-7;/h11H,1-6H2;1H. The van der Waals surface area contributed by atoms with E-state index in [-0.39, 0.29) is 25.4 Å². The van der Waals surface area contributed by atoms with Crippen LogP contribution in [0.15, 0.2) is 0 Å². The van der Waals surface area contributed by atoms with Gasteiger partial charge in [0.25, 0.3) is 5.92 Å². The molecule has 0 aromatic rings. The number of nitrogens with one attached hydrogen (secondary N) is 1. The van der Waals surface area contributed by atoms with Crippen LogP contribution in [0.4, 0.5) is 8.78 Å². The first-order chi connectivity index (χ1) is 5.66. The van der Waals surface area contributed by atoms with Gasteiger partial charge < -0.3 is 10.1 Å². The molecule has 13 heavy (non-hydrogen) atoms. The van der Waals surface area contributed by atoms with Gasteiger partial charge in [-0.1, -0.05) is 0 Å². The predicted octanol–water partition coefficient (Wildman–Crippen LogP) is 1.44. The second-order valence-corrected chi connectivity index (χ2v) is 3.71. The van der Waals surface area contributed by atoms with Gasteiger partial charge in [-0.25, -0.2) is 8.78 Å². The largest absolute Gasteiger partial charge is 0.381 e. The van der Waals surface area contributed by atoms with Gasteiger partial charge in [-0.05, 0) is 6.42 Å². The van der Waals surface area contributed by atoms with E-state index >= 15 is 0 Å². The summed E-state index contributed by atoms with van der Waals surface area (Å²) in [6.45, 7) is 1.53. The Morgan fingerprint density at radius 1 is 1.23 bits per heavy atom. The van der Waals surface area contributed by atoms with E-state index in [1.807, 2.05) is 0 Å². The normalized spacial score (nSPS) is 37.4. The van der Waals surface area contributed by atoms with Crippen molar-refractivity contribution in [2.24, 2.45) is 5.41 Å². The Labute approximate surface area is 82.4 Å². The summed E-state index contributed by atoms with van der Waals surface area (Å²) in [6.07, 6.45) is 0.448. The summed E-state index contributed by atoms with van der Waals surface area (Å²) >= 11 is 0. The van der Waals surface area contributed by atoms with Crippen LogP contribution >= 0.6 is 12.4 Å². The zero-order valence-electron chi connectivity index (χ0n) is 7.32. The van der Waals surface area contributed by atoms with Crippen molar-refractivity contribution < 1.29 is 13.5 Å². The molecule has 2 aliphatic heterocycles.